The summed E-state index contributed by atoms with van der Waals surface area (Å²) < 4.78 is 24.4. The number of rotatable bonds is 6. The zero-order valence-corrected chi connectivity index (χ0v) is 11.8. The van der Waals surface area contributed by atoms with E-state index >= 15 is 0 Å². The van der Waals surface area contributed by atoms with Crippen LogP contribution in [0.3, 0.4) is 0 Å². The Morgan fingerprint density at radius 3 is 2.00 bits per heavy atom. The third kappa shape index (κ3) is 10.7. The zero-order valence-electron chi connectivity index (χ0n) is 10.9. The van der Waals surface area contributed by atoms with E-state index in [1.807, 2.05) is 6.07 Å². The summed E-state index contributed by atoms with van der Waals surface area (Å²) in [6, 6.07) is 8.59. The first kappa shape index (κ1) is 18.1. The van der Waals surface area contributed by atoms with Crippen LogP contribution >= 0.6 is 7.75 Å². The van der Waals surface area contributed by atoms with Crippen LogP contribution in [-0.4, -0.2) is 30.6 Å². The number of hydrogen-bond donors (Lipinski definition) is 3. The average molecular weight is 291 g/mol. The van der Waals surface area contributed by atoms with E-state index in [1.54, 1.807) is 38.1 Å². The van der Waals surface area contributed by atoms with Crippen molar-refractivity contribution in [3.05, 3.63) is 30.3 Å². The normalized spacial score (nSPS) is 10.4. The lowest BCUT2D eigenvalue weighted by Crippen LogP contribution is -2.20. The van der Waals surface area contributed by atoms with Crippen molar-refractivity contribution in [3.63, 3.8) is 0 Å². The van der Waals surface area contributed by atoms with E-state index < -0.39 is 15.1 Å². The minimum absolute atomic E-state index is 0.313. The highest BCUT2D eigenvalue weighted by Gasteiger charge is 2.14. The molecule has 0 aliphatic carbocycles. The van der Waals surface area contributed by atoms with E-state index in [2.05, 4.69) is 13.7 Å². The SMILES string of the molecule is CCOP(N)(=O)OCC.OB(O)Oc1ccccc1. The molecule has 4 N–H and O–H groups in total. The van der Waals surface area contributed by atoms with Crippen LogP contribution in [0.1, 0.15) is 13.8 Å². The van der Waals surface area contributed by atoms with Gasteiger partial charge in [-0.1, -0.05) is 18.2 Å². The Balaban J connectivity index is 0.000000344. The Morgan fingerprint density at radius 2 is 1.63 bits per heavy atom. The van der Waals surface area contributed by atoms with Gasteiger partial charge in [0.2, 0.25) is 0 Å². The second-order valence-electron chi connectivity index (χ2n) is 3.13. The van der Waals surface area contributed by atoms with E-state index in [-0.39, 0.29) is 0 Å². The molecule has 0 unspecified atom stereocenters. The Bertz CT molecular complexity index is 368. The summed E-state index contributed by atoms with van der Waals surface area (Å²) in [6.45, 7) is 4.04. The molecule has 0 aromatic heterocycles. The summed E-state index contributed by atoms with van der Waals surface area (Å²) in [7, 11) is -4.93. The summed E-state index contributed by atoms with van der Waals surface area (Å²) in [5.74, 6) is 0.442. The quantitative estimate of drug-likeness (QED) is 0.532. The molecule has 0 aliphatic heterocycles. The number of hydrogen-bond acceptors (Lipinski definition) is 6. The van der Waals surface area contributed by atoms with Crippen LogP contribution in [0.4, 0.5) is 0 Å². The van der Waals surface area contributed by atoms with Gasteiger partial charge in [-0.05, 0) is 26.0 Å². The van der Waals surface area contributed by atoms with Gasteiger partial charge in [-0.25, -0.2) is 10.1 Å². The largest absolute Gasteiger partial charge is 0.707 e. The first-order valence-corrected chi connectivity index (χ1v) is 7.28. The zero-order chi connectivity index (χ0) is 14.7. The van der Waals surface area contributed by atoms with E-state index in [0.29, 0.717) is 19.0 Å². The Labute approximate surface area is 113 Å². The number of para-hydroxylation sites is 1. The highest BCUT2D eigenvalue weighted by atomic mass is 31.2. The minimum Gasteiger partial charge on any atom is -0.512 e. The van der Waals surface area contributed by atoms with Crippen LogP contribution in [0.15, 0.2) is 30.3 Å². The fraction of sp³-hybridized carbons (Fsp3) is 0.400. The molecule has 9 heteroatoms. The third-order valence-corrected chi connectivity index (χ3v) is 2.84. The van der Waals surface area contributed by atoms with Crippen molar-refractivity contribution >= 4 is 15.1 Å². The van der Waals surface area contributed by atoms with Gasteiger partial charge in [-0.3, -0.25) is 9.05 Å². The summed E-state index contributed by atoms with van der Waals surface area (Å²) in [5.41, 5.74) is 5.05. The minimum atomic E-state index is -3.19. The van der Waals surface area contributed by atoms with Gasteiger partial charge in [0.1, 0.15) is 5.75 Å². The number of nitrogens with two attached hydrogens (primary N) is 1. The second-order valence-corrected chi connectivity index (χ2v) is 4.73. The fourth-order valence-electron chi connectivity index (χ4n) is 1.02. The molecule has 0 bridgehead atoms. The fourth-order valence-corrected chi connectivity index (χ4v) is 1.81. The smallest absolute Gasteiger partial charge is 0.512 e. The summed E-state index contributed by atoms with van der Waals surface area (Å²) in [5, 5.41) is 16.7. The van der Waals surface area contributed by atoms with Gasteiger partial charge in [-0.15, -0.1) is 0 Å². The van der Waals surface area contributed by atoms with E-state index in [9.17, 15) is 4.57 Å². The topological polar surface area (TPSA) is 111 Å². The molecule has 0 radical (unpaired) electrons. The molecule has 0 heterocycles. The molecular weight excluding hydrogens is 272 g/mol. The molecule has 0 atom stereocenters. The molecule has 0 saturated heterocycles. The summed E-state index contributed by atoms with van der Waals surface area (Å²) in [4.78, 5) is 0. The monoisotopic (exact) mass is 291 g/mol. The second kappa shape index (κ2) is 9.97. The van der Waals surface area contributed by atoms with Gasteiger partial charge in [0.25, 0.3) is 0 Å². The van der Waals surface area contributed by atoms with Gasteiger partial charge in [0, 0.05) is 0 Å². The molecular formula is C10H19BNO6P. The van der Waals surface area contributed by atoms with Crippen LogP contribution in [0.25, 0.3) is 0 Å². The predicted molar refractivity (Wildman–Crippen MR) is 72.3 cm³/mol. The molecule has 1 rings (SSSR count). The van der Waals surface area contributed by atoms with E-state index in [4.69, 9.17) is 15.6 Å². The Hall–Kier alpha value is -0.885. The molecule has 0 aliphatic rings. The lowest BCUT2D eigenvalue weighted by molar-refractivity contribution is 0.221. The lowest BCUT2D eigenvalue weighted by atomic mass is 10.2. The maximum Gasteiger partial charge on any atom is 0.707 e. The molecule has 7 nitrogen and oxygen atoms in total. The molecule has 0 saturated carbocycles. The van der Waals surface area contributed by atoms with Crippen LogP contribution in [0.2, 0.25) is 0 Å². The van der Waals surface area contributed by atoms with Crippen molar-refractivity contribution in [3.8, 4) is 5.75 Å². The lowest BCUT2D eigenvalue weighted by Gasteiger charge is -2.09. The van der Waals surface area contributed by atoms with Crippen LogP contribution in [0.5, 0.6) is 5.75 Å². The van der Waals surface area contributed by atoms with Crippen molar-refractivity contribution in [1.82, 2.24) is 0 Å². The Morgan fingerprint density at radius 1 is 1.16 bits per heavy atom. The van der Waals surface area contributed by atoms with Crippen molar-refractivity contribution in [1.29, 1.82) is 0 Å². The third-order valence-electron chi connectivity index (χ3n) is 1.60. The van der Waals surface area contributed by atoms with Crippen molar-refractivity contribution < 1.29 is 28.3 Å². The molecule has 1 aromatic rings. The van der Waals surface area contributed by atoms with Crippen molar-refractivity contribution in [2.24, 2.45) is 5.50 Å². The van der Waals surface area contributed by atoms with Gasteiger partial charge < -0.3 is 14.7 Å². The van der Waals surface area contributed by atoms with Crippen LogP contribution < -0.4 is 10.2 Å². The predicted octanol–water partition coefficient (Wildman–Crippen LogP) is 1.16. The highest BCUT2D eigenvalue weighted by Crippen LogP contribution is 2.38. The Kier molecular flexibility index (Phi) is 9.50. The standard InChI is InChI=1S/C6H7BO3.C4H12NO3P/c8-7(9)10-6-4-2-1-3-5-6;1-3-7-9(5,6)8-4-2/h1-5,8-9H;3-4H2,1-2H3,(H2,5,6). The van der Waals surface area contributed by atoms with Crippen LogP contribution in [-0.2, 0) is 13.6 Å². The van der Waals surface area contributed by atoms with Gasteiger partial charge in [-0.2, -0.15) is 0 Å². The van der Waals surface area contributed by atoms with Crippen molar-refractivity contribution in [2.45, 2.75) is 13.8 Å². The van der Waals surface area contributed by atoms with Gasteiger partial charge in [0.05, 0.1) is 13.2 Å². The summed E-state index contributed by atoms with van der Waals surface area (Å²) >= 11 is 0. The molecule has 0 amide bonds. The van der Waals surface area contributed by atoms with E-state index in [1.165, 1.54) is 0 Å². The first-order chi connectivity index (χ1) is 8.91. The van der Waals surface area contributed by atoms with Gasteiger partial charge in [0.15, 0.2) is 0 Å². The van der Waals surface area contributed by atoms with Crippen molar-refractivity contribution in [2.75, 3.05) is 13.2 Å². The molecule has 19 heavy (non-hydrogen) atoms. The summed E-state index contributed by atoms with van der Waals surface area (Å²) in [6.07, 6.45) is 0. The maximum absolute atomic E-state index is 10.7. The molecule has 0 fully saturated rings. The van der Waals surface area contributed by atoms with E-state index in [0.717, 1.165) is 0 Å². The number of benzene rings is 1. The average Bonchev–Trinajstić information content (AvgIpc) is 2.30. The first-order valence-electron chi connectivity index (χ1n) is 5.66. The maximum atomic E-state index is 10.7. The van der Waals surface area contributed by atoms with Gasteiger partial charge >= 0.3 is 15.1 Å². The molecule has 1 aromatic carbocycles. The van der Waals surface area contributed by atoms with Crippen LogP contribution in [0, 0.1) is 0 Å². The molecule has 0 spiro atoms. The molecule has 108 valence electrons. The highest BCUT2D eigenvalue weighted by molar-refractivity contribution is 7.51.